The van der Waals surface area contributed by atoms with Gasteiger partial charge in [-0.2, -0.15) is 0 Å². The summed E-state index contributed by atoms with van der Waals surface area (Å²) in [6, 6.07) is 10.4. The van der Waals surface area contributed by atoms with Crippen molar-refractivity contribution in [1.82, 2.24) is 5.32 Å². The number of nitrogens with zero attached hydrogens (tertiary/aromatic N) is 1. The van der Waals surface area contributed by atoms with Crippen LogP contribution in [-0.4, -0.2) is 39.3 Å². The fourth-order valence-electron chi connectivity index (χ4n) is 4.34. The van der Waals surface area contributed by atoms with Gasteiger partial charge in [-0.3, -0.25) is 19.1 Å². The molecule has 2 N–H and O–H groups in total. The van der Waals surface area contributed by atoms with E-state index in [1.807, 2.05) is 0 Å². The maximum absolute atomic E-state index is 13.2. The summed E-state index contributed by atoms with van der Waals surface area (Å²) in [5.74, 6) is -0.977. The van der Waals surface area contributed by atoms with Gasteiger partial charge in [0.1, 0.15) is 5.75 Å². The Labute approximate surface area is 198 Å². The molecular formula is C24H27N3O6S. The van der Waals surface area contributed by atoms with E-state index >= 15 is 0 Å². The zero-order valence-electron chi connectivity index (χ0n) is 18.9. The molecule has 0 atom stereocenters. The first-order valence-corrected chi connectivity index (χ1v) is 12.7. The third-order valence-corrected chi connectivity index (χ3v) is 7.47. The molecule has 9 nitrogen and oxygen atoms in total. The van der Waals surface area contributed by atoms with Gasteiger partial charge in [0.25, 0.3) is 15.9 Å². The second kappa shape index (κ2) is 9.84. The summed E-state index contributed by atoms with van der Waals surface area (Å²) in [6.45, 7) is 0. The first-order valence-electron chi connectivity index (χ1n) is 11.3. The van der Waals surface area contributed by atoms with Crippen LogP contribution in [0.1, 0.15) is 55.3 Å². The molecule has 0 spiro atoms. The van der Waals surface area contributed by atoms with Crippen molar-refractivity contribution in [3.8, 4) is 5.75 Å². The molecule has 2 fully saturated rings. The molecule has 1 aliphatic heterocycles. The molecule has 2 aliphatic rings. The zero-order valence-corrected chi connectivity index (χ0v) is 19.7. The lowest BCUT2D eigenvalue weighted by Crippen LogP contribution is -2.36. The highest BCUT2D eigenvalue weighted by atomic mass is 32.2. The molecule has 34 heavy (non-hydrogen) atoms. The van der Waals surface area contributed by atoms with Gasteiger partial charge in [-0.15, -0.1) is 0 Å². The van der Waals surface area contributed by atoms with E-state index in [0.29, 0.717) is 0 Å². The zero-order chi connectivity index (χ0) is 24.3. The lowest BCUT2D eigenvalue weighted by molar-refractivity contribution is -0.121. The summed E-state index contributed by atoms with van der Waals surface area (Å²) in [7, 11) is -2.78. The molecule has 2 aromatic rings. The molecule has 1 heterocycles. The molecule has 0 bridgehead atoms. The molecule has 1 aliphatic carbocycles. The third-order valence-electron chi connectivity index (χ3n) is 6.11. The summed E-state index contributed by atoms with van der Waals surface area (Å²) in [4.78, 5) is 38.1. The largest absolute Gasteiger partial charge is 0.495 e. The number of para-hydroxylation sites is 1. The minimum Gasteiger partial charge on any atom is -0.495 e. The highest BCUT2D eigenvalue weighted by Gasteiger charge is 2.33. The maximum Gasteiger partial charge on any atom is 0.261 e. The summed E-state index contributed by atoms with van der Waals surface area (Å²) < 4.78 is 34.2. The number of imide groups is 1. The number of rotatable bonds is 7. The van der Waals surface area contributed by atoms with Gasteiger partial charge in [0, 0.05) is 18.9 Å². The number of methoxy groups -OCH3 is 1. The van der Waals surface area contributed by atoms with Crippen LogP contribution in [0.3, 0.4) is 0 Å². The number of anilines is 2. The van der Waals surface area contributed by atoms with Crippen molar-refractivity contribution in [2.45, 2.75) is 55.9 Å². The van der Waals surface area contributed by atoms with E-state index < -0.39 is 21.8 Å². The Morgan fingerprint density at radius 3 is 2.35 bits per heavy atom. The molecule has 2 aromatic carbocycles. The van der Waals surface area contributed by atoms with Gasteiger partial charge in [-0.05, 0) is 43.2 Å². The molecule has 0 radical (unpaired) electrons. The Hall–Kier alpha value is -3.40. The number of amides is 3. The number of carbonyl (C=O) groups excluding carboxylic acids is 3. The number of sulfonamides is 1. The SMILES string of the molecule is COc1ccc(S(=O)(=O)Nc2ccccc2C(=O)NC2CCCCC2)cc1N1C(=O)CCC1=O. The van der Waals surface area contributed by atoms with E-state index in [-0.39, 0.29) is 52.4 Å². The van der Waals surface area contributed by atoms with Gasteiger partial charge >= 0.3 is 0 Å². The first-order chi connectivity index (χ1) is 16.3. The van der Waals surface area contributed by atoms with E-state index in [2.05, 4.69) is 10.0 Å². The fraction of sp³-hybridized carbons (Fsp3) is 0.375. The Morgan fingerprint density at radius 1 is 1.00 bits per heavy atom. The van der Waals surface area contributed by atoms with Crippen LogP contribution in [0.15, 0.2) is 47.4 Å². The molecule has 0 aromatic heterocycles. The standard InChI is InChI=1S/C24H27N3O6S/c1-33-21-12-11-17(15-20(21)27-22(28)13-14-23(27)29)34(31,32)26-19-10-6-5-9-18(19)24(30)25-16-7-3-2-4-8-16/h5-6,9-12,15-16,26H,2-4,7-8,13-14H2,1H3,(H,25,30). The Balaban J connectivity index is 1.62. The van der Waals surface area contributed by atoms with E-state index in [9.17, 15) is 22.8 Å². The fourth-order valence-corrected chi connectivity index (χ4v) is 5.44. The van der Waals surface area contributed by atoms with E-state index in [1.54, 1.807) is 18.2 Å². The van der Waals surface area contributed by atoms with E-state index in [1.165, 1.54) is 31.4 Å². The van der Waals surface area contributed by atoms with Gasteiger partial charge in [0.2, 0.25) is 11.8 Å². The smallest absolute Gasteiger partial charge is 0.261 e. The highest BCUT2D eigenvalue weighted by molar-refractivity contribution is 7.92. The van der Waals surface area contributed by atoms with Crippen LogP contribution in [0.5, 0.6) is 5.75 Å². The minimum absolute atomic E-state index is 0.0562. The lowest BCUT2D eigenvalue weighted by atomic mass is 9.95. The number of ether oxygens (including phenoxy) is 1. The van der Waals surface area contributed by atoms with Crippen LogP contribution in [0.4, 0.5) is 11.4 Å². The van der Waals surface area contributed by atoms with E-state index in [4.69, 9.17) is 4.74 Å². The van der Waals surface area contributed by atoms with Gasteiger partial charge in [0.15, 0.2) is 0 Å². The summed E-state index contributed by atoms with van der Waals surface area (Å²) in [6.07, 6.45) is 5.19. The second-order valence-corrected chi connectivity index (χ2v) is 10.1. The first kappa shape index (κ1) is 23.7. The maximum atomic E-state index is 13.2. The van der Waals surface area contributed by atoms with Crippen molar-refractivity contribution >= 4 is 39.1 Å². The van der Waals surface area contributed by atoms with Crippen LogP contribution in [0, 0.1) is 0 Å². The summed E-state index contributed by atoms with van der Waals surface area (Å²) >= 11 is 0. The summed E-state index contributed by atoms with van der Waals surface area (Å²) in [5, 5.41) is 3.00. The average Bonchev–Trinajstić information content (AvgIpc) is 3.17. The molecule has 4 rings (SSSR count). The Kier molecular flexibility index (Phi) is 6.87. The van der Waals surface area contributed by atoms with Gasteiger partial charge in [0.05, 0.1) is 28.9 Å². The van der Waals surface area contributed by atoms with Crippen molar-refractivity contribution in [2.24, 2.45) is 0 Å². The molecule has 10 heteroatoms. The summed E-state index contributed by atoms with van der Waals surface area (Å²) in [5.41, 5.74) is 0.429. The molecule has 180 valence electrons. The lowest BCUT2D eigenvalue weighted by Gasteiger charge is -2.23. The van der Waals surface area contributed by atoms with Crippen LogP contribution < -0.4 is 19.7 Å². The molecule has 0 unspecified atom stereocenters. The molecular weight excluding hydrogens is 458 g/mol. The molecule has 1 saturated carbocycles. The van der Waals surface area contributed by atoms with Crippen molar-refractivity contribution in [3.05, 3.63) is 48.0 Å². The van der Waals surface area contributed by atoms with Crippen LogP contribution >= 0.6 is 0 Å². The quantitative estimate of drug-likeness (QED) is 0.581. The Bertz CT molecular complexity index is 1200. The number of benzene rings is 2. The van der Waals surface area contributed by atoms with Crippen LogP contribution in [-0.2, 0) is 19.6 Å². The monoisotopic (exact) mass is 485 g/mol. The third kappa shape index (κ3) is 4.91. The van der Waals surface area contributed by atoms with Gasteiger partial charge in [-0.25, -0.2) is 13.3 Å². The Morgan fingerprint density at radius 2 is 1.68 bits per heavy atom. The van der Waals surface area contributed by atoms with Crippen molar-refractivity contribution in [2.75, 3.05) is 16.7 Å². The number of hydrogen-bond donors (Lipinski definition) is 2. The van der Waals surface area contributed by atoms with E-state index in [0.717, 1.165) is 37.0 Å². The van der Waals surface area contributed by atoms with Crippen LogP contribution in [0.25, 0.3) is 0 Å². The number of carbonyl (C=O) groups is 3. The molecule has 3 amide bonds. The predicted octanol–water partition coefficient (Wildman–Crippen LogP) is 3.21. The predicted molar refractivity (Wildman–Crippen MR) is 126 cm³/mol. The number of hydrogen-bond acceptors (Lipinski definition) is 6. The average molecular weight is 486 g/mol. The van der Waals surface area contributed by atoms with Gasteiger partial charge < -0.3 is 10.1 Å². The van der Waals surface area contributed by atoms with Crippen molar-refractivity contribution in [1.29, 1.82) is 0 Å². The number of nitrogens with one attached hydrogen (secondary N) is 2. The van der Waals surface area contributed by atoms with Crippen LogP contribution in [0.2, 0.25) is 0 Å². The second-order valence-electron chi connectivity index (χ2n) is 8.42. The normalized spacial score (nSPS) is 17.0. The minimum atomic E-state index is -4.15. The van der Waals surface area contributed by atoms with Gasteiger partial charge in [-0.1, -0.05) is 31.4 Å². The van der Waals surface area contributed by atoms with Crippen molar-refractivity contribution in [3.63, 3.8) is 0 Å². The highest BCUT2D eigenvalue weighted by Crippen LogP contribution is 2.35. The molecule has 1 saturated heterocycles. The topological polar surface area (TPSA) is 122 Å². The van der Waals surface area contributed by atoms with Crippen molar-refractivity contribution < 1.29 is 27.5 Å².